The van der Waals surface area contributed by atoms with Gasteiger partial charge in [0.25, 0.3) is 0 Å². The molecule has 8 N–H and O–H groups in total. The van der Waals surface area contributed by atoms with Gasteiger partial charge in [0, 0.05) is 12.4 Å². The second-order valence-electron chi connectivity index (χ2n) is 2.48. The molecule has 11 heteroatoms. The third-order valence-corrected chi connectivity index (χ3v) is 1.41. The summed E-state index contributed by atoms with van der Waals surface area (Å²) in [5.74, 6) is -2.52. The third-order valence-electron chi connectivity index (χ3n) is 1.41. The van der Waals surface area contributed by atoms with Crippen LogP contribution in [-0.4, -0.2) is 31.9 Å². The van der Waals surface area contributed by atoms with Crippen LogP contribution < -0.4 is 10.2 Å². The predicted molar refractivity (Wildman–Crippen MR) is 55.6 cm³/mol. The minimum absolute atomic E-state index is 0. The number of carboxylic acid groups (broad SMARTS) is 2. The van der Waals surface area contributed by atoms with Crippen molar-refractivity contribution in [1.82, 2.24) is 19.9 Å². The molecule has 0 amide bonds. The number of carbonyl (C=O) groups excluding carboxylic acids is 2. The molecule has 0 unspecified atom stereocenters. The van der Waals surface area contributed by atoms with Crippen LogP contribution in [0.15, 0.2) is 25.0 Å². The van der Waals surface area contributed by atoms with Gasteiger partial charge in [0.05, 0.1) is 24.6 Å². The summed E-state index contributed by atoms with van der Waals surface area (Å²) >= 11 is 0. The summed E-state index contributed by atoms with van der Waals surface area (Å²) in [6.45, 7) is 0. The van der Waals surface area contributed by atoms with Crippen LogP contribution in [0.4, 0.5) is 0 Å². The van der Waals surface area contributed by atoms with Gasteiger partial charge >= 0.3 is 17.1 Å². The number of imidazole rings is 2. The van der Waals surface area contributed by atoms with Crippen LogP contribution in [0.25, 0.3) is 0 Å². The number of hydrogen-bond acceptors (Lipinski definition) is 6. The average Bonchev–Trinajstić information content (AvgIpc) is 2.93. The fourth-order valence-electron chi connectivity index (χ4n) is 0.744. The van der Waals surface area contributed by atoms with Gasteiger partial charge in [-0.25, -0.2) is 9.97 Å². The average molecular weight is 315 g/mol. The minimum Gasteiger partial charge on any atom is -0.543 e. The van der Waals surface area contributed by atoms with Crippen molar-refractivity contribution in [1.29, 1.82) is 0 Å². The molecule has 19 heavy (non-hydrogen) atoms. The van der Waals surface area contributed by atoms with Crippen molar-refractivity contribution in [3.05, 3.63) is 36.4 Å². The Kier molecular flexibility index (Phi) is 12.7. The van der Waals surface area contributed by atoms with Crippen LogP contribution in [0, 0.1) is 0 Å². The van der Waals surface area contributed by atoms with Crippen molar-refractivity contribution in [3.8, 4) is 0 Å². The monoisotopic (exact) mass is 315 g/mol. The molecule has 0 saturated heterocycles. The Balaban J connectivity index is -0.000000233. The number of carboxylic acids is 2. The van der Waals surface area contributed by atoms with Gasteiger partial charge in [0.1, 0.15) is 11.4 Å². The molecule has 0 fully saturated rings. The fourth-order valence-corrected chi connectivity index (χ4v) is 0.744. The first-order valence-corrected chi connectivity index (χ1v) is 4.01. The quantitative estimate of drug-likeness (QED) is 0.414. The Hall–Kier alpha value is -2.20. The molecule has 105 valence electrons. The molecule has 1 radical (unpaired) electrons. The second-order valence-corrected chi connectivity index (χ2v) is 2.48. The van der Waals surface area contributed by atoms with E-state index in [1.165, 1.54) is 25.0 Å². The molecule has 0 atom stereocenters. The molecule has 0 aliphatic carbocycles. The Labute approximate surface area is 117 Å². The van der Waals surface area contributed by atoms with E-state index < -0.39 is 11.9 Å². The fraction of sp³-hybridized carbons (Fsp3) is 0. The molecule has 2 aromatic rings. The van der Waals surface area contributed by atoms with E-state index in [0.29, 0.717) is 0 Å². The van der Waals surface area contributed by atoms with Crippen LogP contribution in [0.1, 0.15) is 21.0 Å². The normalized spacial score (nSPS) is 7.58. The zero-order chi connectivity index (χ0) is 12.0. The number of H-pyrrole nitrogens is 2. The van der Waals surface area contributed by atoms with Gasteiger partial charge in [-0.1, -0.05) is 0 Å². The number of nitrogens with zero attached hydrogens (tertiary/aromatic N) is 2. The van der Waals surface area contributed by atoms with E-state index in [0.717, 1.165) is 0 Å². The number of aromatic nitrogens is 4. The minimum atomic E-state index is -1.26. The summed E-state index contributed by atoms with van der Waals surface area (Å²) in [5, 5.41) is 19.7. The molecular weight excluding hydrogens is 303 g/mol. The number of hydrogen-bond donors (Lipinski definition) is 2. The number of rotatable bonds is 2. The first-order valence-electron chi connectivity index (χ1n) is 4.01. The zero-order valence-corrected chi connectivity index (χ0v) is 10.5. The Morgan fingerprint density at radius 3 is 1.32 bits per heavy atom. The van der Waals surface area contributed by atoms with Crippen molar-refractivity contribution in [2.75, 3.05) is 0 Å². The number of aromatic amines is 2. The predicted octanol–water partition coefficient (Wildman–Crippen LogP) is -4.30. The smallest absolute Gasteiger partial charge is 0.543 e. The summed E-state index contributed by atoms with van der Waals surface area (Å²) in [6, 6.07) is 0. The standard InChI is InChI=1S/2C4H4N2O2.Mn.2H2O/c2*7-4(8)3-1-5-2-6-3;;;/h2*1-2H,(H,5,6)(H,7,8);;2*1H2/q;;+2;;. The Morgan fingerprint density at radius 2 is 1.21 bits per heavy atom. The van der Waals surface area contributed by atoms with Crippen LogP contribution >= 0.6 is 0 Å². The van der Waals surface area contributed by atoms with Gasteiger partial charge in [-0.3, -0.25) is 0 Å². The molecule has 0 bridgehead atoms. The van der Waals surface area contributed by atoms with Crippen molar-refractivity contribution in [3.63, 3.8) is 0 Å². The summed E-state index contributed by atoms with van der Waals surface area (Å²) in [5.41, 5.74) is -0.130. The first-order chi connectivity index (χ1) is 7.61. The molecule has 10 nitrogen and oxygen atoms in total. The SMILES string of the molecule is O=C([O-])c1c[nH]cn1.O=C([O-])c1c[nH]cn1.[Mn+2].[OH3+].[OH3+]. The molecule has 2 heterocycles. The topological polar surface area (TPSA) is 204 Å². The van der Waals surface area contributed by atoms with Crippen molar-refractivity contribution in [2.45, 2.75) is 0 Å². The summed E-state index contributed by atoms with van der Waals surface area (Å²) in [7, 11) is 0. The summed E-state index contributed by atoms with van der Waals surface area (Å²) in [4.78, 5) is 31.5. The Morgan fingerprint density at radius 1 is 0.895 bits per heavy atom. The molecule has 0 aliphatic rings. The van der Waals surface area contributed by atoms with Crippen molar-refractivity contribution < 1.29 is 47.8 Å². The second kappa shape index (κ2) is 10.9. The van der Waals surface area contributed by atoms with Gasteiger partial charge in [0.2, 0.25) is 0 Å². The maximum atomic E-state index is 9.87. The van der Waals surface area contributed by atoms with Crippen LogP contribution in [-0.2, 0) is 28.0 Å². The molecule has 0 aliphatic heterocycles. The van der Waals surface area contributed by atoms with Gasteiger partial charge < -0.3 is 40.7 Å². The van der Waals surface area contributed by atoms with Gasteiger partial charge in [-0.15, -0.1) is 0 Å². The molecule has 2 rings (SSSR count). The number of nitrogens with one attached hydrogen (secondary N) is 2. The molecular formula is C8H12MnN4O6+2. The third kappa shape index (κ3) is 7.67. The Bertz CT molecular complexity index is 413. The van der Waals surface area contributed by atoms with Crippen molar-refractivity contribution in [2.24, 2.45) is 0 Å². The van der Waals surface area contributed by atoms with Gasteiger partial charge in [-0.05, 0) is 0 Å². The maximum absolute atomic E-state index is 9.87. The van der Waals surface area contributed by atoms with Crippen LogP contribution in [0.3, 0.4) is 0 Å². The maximum Gasteiger partial charge on any atom is 2.00 e. The van der Waals surface area contributed by atoms with E-state index in [1.807, 2.05) is 0 Å². The van der Waals surface area contributed by atoms with E-state index in [4.69, 9.17) is 0 Å². The van der Waals surface area contributed by atoms with E-state index in [-0.39, 0.29) is 39.4 Å². The van der Waals surface area contributed by atoms with E-state index in [2.05, 4.69) is 19.9 Å². The van der Waals surface area contributed by atoms with Crippen LogP contribution in [0.5, 0.6) is 0 Å². The molecule has 0 aromatic carbocycles. The van der Waals surface area contributed by atoms with E-state index in [9.17, 15) is 19.8 Å². The number of aromatic carboxylic acids is 2. The number of carbonyl (C=O) groups is 2. The van der Waals surface area contributed by atoms with Gasteiger partial charge in [0.15, 0.2) is 0 Å². The molecule has 2 aromatic heterocycles. The van der Waals surface area contributed by atoms with Crippen molar-refractivity contribution >= 4 is 11.9 Å². The first kappa shape index (κ1) is 22.0. The van der Waals surface area contributed by atoms with Gasteiger partial charge in [-0.2, -0.15) is 0 Å². The molecule has 0 saturated carbocycles. The molecule has 0 spiro atoms. The summed E-state index contributed by atoms with van der Waals surface area (Å²) in [6.07, 6.45) is 5.08. The van der Waals surface area contributed by atoms with E-state index >= 15 is 0 Å². The largest absolute Gasteiger partial charge is 2.00 e. The summed E-state index contributed by atoms with van der Waals surface area (Å²) < 4.78 is 0. The van der Waals surface area contributed by atoms with Crippen LogP contribution in [0.2, 0.25) is 0 Å². The zero-order valence-electron chi connectivity index (χ0n) is 9.37. The van der Waals surface area contributed by atoms with E-state index in [1.54, 1.807) is 0 Å².